The lowest BCUT2D eigenvalue weighted by molar-refractivity contribution is -0.138. The van der Waals surface area contributed by atoms with Crippen molar-refractivity contribution < 1.29 is 14.7 Å². The lowest BCUT2D eigenvalue weighted by atomic mass is 10.1. The van der Waals surface area contributed by atoms with Gasteiger partial charge in [0.05, 0.1) is 0 Å². The van der Waals surface area contributed by atoms with Gasteiger partial charge in [0.15, 0.2) is 0 Å². The minimum atomic E-state index is -0.879. The fourth-order valence-corrected chi connectivity index (χ4v) is 2.35. The summed E-state index contributed by atoms with van der Waals surface area (Å²) in [6, 6.07) is -0.661. The SMILES string of the molecule is CCCCCCCCCC(N)C(=O)O.O=C1CCCCCN1. The minimum absolute atomic E-state index is 0.225. The molecule has 0 aromatic rings. The summed E-state index contributed by atoms with van der Waals surface area (Å²) in [4.78, 5) is 21.0. The number of amides is 1. The summed E-state index contributed by atoms with van der Waals surface area (Å²) in [6.07, 6.45) is 13.2. The Morgan fingerprint density at radius 3 is 2.41 bits per heavy atom. The van der Waals surface area contributed by atoms with Gasteiger partial charge in [0.25, 0.3) is 0 Å². The van der Waals surface area contributed by atoms with Crippen LogP contribution in [-0.2, 0) is 9.59 Å². The van der Waals surface area contributed by atoms with Gasteiger partial charge < -0.3 is 16.2 Å². The second kappa shape index (κ2) is 14.8. The van der Waals surface area contributed by atoms with Crippen LogP contribution in [0.4, 0.5) is 0 Å². The molecule has 0 aromatic heterocycles. The van der Waals surface area contributed by atoms with Crippen molar-refractivity contribution in [3.63, 3.8) is 0 Å². The van der Waals surface area contributed by atoms with Crippen LogP contribution >= 0.6 is 0 Å². The molecule has 1 heterocycles. The first-order valence-corrected chi connectivity index (χ1v) is 8.83. The lowest BCUT2D eigenvalue weighted by Gasteiger charge is -2.05. The van der Waals surface area contributed by atoms with E-state index in [0.29, 0.717) is 6.42 Å². The van der Waals surface area contributed by atoms with Crippen molar-refractivity contribution in [1.82, 2.24) is 5.32 Å². The third-order valence-corrected chi connectivity index (χ3v) is 3.84. The summed E-state index contributed by atoms with van der Waals surface area (Å²) in [5.74, 6) is -0.654. The number of hydrogen-bond acceptors (Lipinski definition) is 3. The van der Waals surface area contributed by atoms with Crippen molar-refractivity contribution in [3.05, 3.63) is 0 Å². The number of aliphatic carboxylic acids is 1. The molecule has 5 nitrogen and oxygen atoms in total. The average molecular weight is 314 g/mol. The summed E-state index contributed by atoms with van der Waals surface area (Å²) in [6.45, 7) is 3.09. The van der Waals surface area contributed by atoms with Gasteiger partial charge in [-0.2, -0.15) is 0 Å². The summed E-state index contributed by atoms with van der Waals surface area (Å²) >= 11 is 0. The Kier molecular flexibility index (Phi) is 14.1. The second-order valence-electron chi connectivity index (χ2n) is 6.02. The predicted molar refractivity (Wildman–Crippen MR) is 89.7 cm³/mol. The topological polar surface area (TPSA) is 92.4 Å². The van der Waals surface area contributed by atoms with Gasteiger partial charge in [-0.25, -0.2) is 0 Å². The molecule has 130 valence electrons. The molecule has 1 rings (SSSR count). The van der Waals surface area contributed by atoms with Gasteiger partial charge >= 0.3 is 5.97 Å². The van der Waals surface area contributed by atoms with Gasteiger partial charge in [-0.1, -0.05) is 58.3 Å². The van der Waals surface area contributed by atoms with Gasteiger partial charge in [0, 0.05) is 13.0 Å². The van der Waals surface area contributed by atoms with Crippen LogP contribution in [0.15, 0.2) is 0 Å². The van der Waals surface area contributed by atoms with Crippen LogP contribution in [0.2, 0.25) is 0 Å². The van der Waals surface area contributed by atoms with E-state index in [4.69, 9.17) is 10.8 Å². The summed E-state index contributed by atoms with van der Waals surface area (Å²) in [5, 5.41) is 11.3. The number of carbonyl (C=O) groups excluding carboxylic acids is 1. The van der Waals surface area contributed by atoms with E-state index < -0.39 is 12.0 Å². The number of carboxylic acid groups (broad SMARTS) is 1. The van der Waals surface area contributed by atoms with Crippen LogP contribution in [0.3, 0.4) is 0 Å². The number of nitrogens with one attached hydrogen (secondary N) is 1. The molecular formula is C17H34N2O3. The first-order valence-electron chi connectivity index (χ1n) is 8.83. The standard InChI is InChI=1S/C11H23NO2.C6H11NO/c1-2-3-4-5-6-7-8-9-10(12)11(13)14;8-6-4-2-1-3-5-7-6/h10H,2-9,12H2,1H3,(H,13,14);1-5H2,(H,7,8). The highest BCUT2D eigenvalue weighted by Gasteiger charge is 2.09. The maximum absolute atomic E-state index is 10.6. The lowest BCUT2D eigenvalue weighted by Crippen LogP contribution is -2.29. The molecule has 0 aromatic carbocycles. The Morgan fingerprint density at radius 1 is 1.14 bits per heavy atom. The fraction of sp³-hybridized carbons (Fsp3) is 0.882. The molecule has 5 heteroatoms. The van der Waals surface area contributed by atoms with Gasteiger partial charge in [0.2, 0.25) is 5.91 Å². The van der Waals surface area contributed by atoms with Crippen molar-refractivity contribution in [2.45, 2.75) is 90.0 Å². The maximum Gasteiger partial charge on any atom is 0.320 e. The van der Waals surface area contributed by atoms with Gasteiger partial charge in [0.1, 0.15) is 6.04 Å². The average Bonchev–Trinajstić information content (AvgIpc) is 2.74. The van der Waals surface area contributed by atoms with Crippen LogP contribution in [0.5, 0.6) is 0 Å². The Morgan fingerprint density at radius 2 is 1.77 bits per heavy atom. The first-order chi connectivity index (χ1) is 10.6. The van der Waals surface area contributed by atoms with E-state index in [1.807, 2.05) is 0 Å². The second-order valence-corrected chi connectivity index (χ2v) is 6.02. The van der Waals surface area contributed by atoms with Crippen molar-refractivity contribution in [3.8, 4) is 0 Å². The number of rotatable bonds is 9. The van der Waals surface area contributed by atoms with Crippen molar-refractivity contribution in [1.29, 1.82) is 0 Å². The molecule has 1 atom stereocenters. The number of nitrogens with two attached hydrogens (primary N) is 1. The number of carbonyl (C=O) groups is 2. The molecule has 1 fully saturated rings. The Labute approximate surface area is 135 Å². The van der Waals surface area contributed by atoms with Gasteiger partial charge in [-0.15, -0.1) is 0 Å². The Bertz CT molecular complexity index is 286. The fourth-order valence-electron chi connectivity index (χ4n) is 2.35. The molecule has 1 aliphatic rings. The predicted octanol–water partition coefficient (Wildman–Crippen LogP) is 3.22. The van der Waals surface area contributed by atoms with Crippen molar-refractivity contribution >= 4 is 11.9 Å². The van der Waals surface area contributed by atoms with E-state index in [1.165, 1.54) is 38.5 Å². The largest absolute Gasteiger partial charge is 0.480 e. The first kappa shape index (κ1) is 20.9. The Balaban J connectivity index is 0.000000461. The quantitative estimate of drug-likeness (QED) is 0.570. The summed E-state index contributed by atoms with van der Waals surface area (Å²) in [5.41, 5.74) is 5.38. The van der Waals surface area contributed by atoms with Crippen LogP contribution in [0.1, 0.15) is 84.0 Å². The van der Waals surface area contributed by atoms with E-state index in [2.05, 4.69) is 12.2 Å². The van der Waals surface area contributed by atoms with Gasteiger partial charge in [-0.3, -0.25) is 9.59 Å². The van der Waals surface area contributed by atoms with Crippen LogP contribution < -0.4 is 11.1 Å². The van der Waals surface area contributed by atoms with Crippen molar-refractivity contribution in [2.24, 2.45) is 5.73 Å². The summed E-state index contributed by atoms with van der Waals surface area (Å²) in [7, 11) is 0. The van der Waals surface area contributed by atoms with E-state index in [0.717, 1.165) is 38.6 Å². The molecule has 1 aliphatic heterocycles. The molecule has 0 saturated carbocycles. The van der Waals surface area contributed by atoms with E-state index in [-0.39, 0.29) is 5.91 Å². The van der Waals surface area contributed by atoms with E-state index in [1.54, 1.807) is 0 Å². The molecule has 1 saturated heterocycles. The zero-order chi connectivity index (χ0) is 16.6. The molecule has 4 N–H and O–H groups in total. The van der Waals surface area contributed by atoms with E-state index in [9.17, 15) is 9.59 Å². The van der Waals surface area contributed by atoms with Crippen LogP contribution in [0.25, 0.3) is 0 Å². The minimum Gasteiger partial charge on any atom is -0.480 e. The monoisotopic (exact) mass is 314 g/mol. The third-order valence-electron chi connectivity index (χ3n) is 3.84. The smallest absolute Gasteiger partial charge is 0.320 e. The molecule has 22 heavy (non-hydrogen) atoms. The molecular weight excluding hydrogens is 280 g/mol. The highest BCUT2D eigenvalue weighted by molar-refractivity contribution is 5.75. The highest BCUT2D eigenvalue weighted by atomic mass is 16.4. The zero-order valence-corrected chi connectivity index (χ0v) is 14.1. The number of hydrogen-bond donors (Lipinski definition) is 3. The molecule has 1 amide bonds. The van der Waals surface area contributed by atoms with Crippen molar-refractivity contribution in [2.75, 3.05) is 6.54 Å². The molecule has 1 unspecified atom stereocenters. The zero-order valence-electron chi connectivity index (χ0n) is 14.1. The number of unbranched alkanes of at least 4 members (excludes halogenated alkanes) is 6. The highest BCUT2D eigenvalue weighted by Crippen LogP contribution is 2.09. The normalized spacial score (nSPS) is 16.0. The number of carboxylic acids is 1. The summed E-state index contributed by atoms with van der Waals surface area (Å²) < 4.78 is 0. The molecule has 0 aliphatic carbocycles. The molecule has 0 spiro atoms. The molecule has 0 radical (unpaired) electrons. The van der Waals surface area contributed by atoms with Gasteiger partial charge in [-0.05, 0) is 19.3 Å². The Hall–Kier alpha value is -1.10. The van der Waals surface area contributed by atoms with Crippen LogP contribution in [-0.4, -0.2) is 29.6 Å². The van der Waals surface area contributed by atoms with E-state index >= 15 is 0 Å². The molecule has 0 bridgehead atoms. The van der Waals surface area contributed by atoms with Crippen LogP contribution in [0, 0.1) is 0 Å². The maximum atomic E-state index is 10.6. The third kappa shape index (κ3) is 13.9.